The summed E-state index contributed by atoms with van der Waals surface area (Å²) >= 11 is 0. The fourth-order valence-corrected chi connectivity index (χ4v) is 6.19. The molecule has 0 unspecified atom stereocenters. The Morgan fingerprint density at radius 1 is 0.558 bits per heavy atom. The first-order valence-corrected chi connectivity index (χ1v) is 14.1. The second-order valence-electron chi connectivity index (χ2n) is 10.7. The number of aromatic nitrogens is 2. The molecule has 0 amide bonds. The highest BCUT2D eigenvalue weighted by Crippen LogP contribution is 2.40. The van der Waals surface area contributed by atoms with Gasteiger partial charge in [0.25, 0.3) is 0 Å². The van der Waals surface area contributed by atoms with Gasteiger partial charge in [0.05, 0.1) is 22.7 Å². The number of hydrogen-bond acceptors (Lipinski definition) is 4. The van der Waals surface area contributed by atoms with Gasteiger partial charge in [-0.05, 0) is 71.8 Å². The second-order valence-corrected chi connectivity index (χ2v) is 10.7. The standard InChI is InChI=1S/C38H21N3O2/c39-22-23-10-18-33-32(20-23)40-38(25-6-2-1-3-7-25)41(33)27-14-11-24(12-15-27)26-13-19-35-31(21-26)30-17-16-29-28-8-4-5-9-34(28)42-36(29)37(30)43-35/h1-21H. The molecule has 0 radical (unpaired) electrons. The van der Waals surface area contributed by atoms with Crippen LogP contribution in [0.1, 0.15) is 5.56 Å². The summed E-state index contributed by atoms with van der Waals surface area (Å²) in [5.41, 5.74) is 9.79. The zero-order valence-corrected chi connectivity index (χ0v) is 22.8. The van der Waals surface area contributed by atoms with Gasteiger partial charge in [-0.3, -0.25) is 4.57 Å². The summed E-state index contributed by atoms with van der Waals surface area (Å²) in [6.45, 7) is 0. The summed E-state index contributed by atoms with van der Waals surface area (Å²) in [7, 11) is 0. The van der Waals surface area contributed by atoms with Crippen LogP contribution in [0, 0.1) is 11.3 Å². The van der Waals surface area contributed by atoms with E-state index in [1.807, 2.05) is 60.7 Å². The fraction of sp³-hybridized carbons (Fsp3) is 0. The lowest BCUT2D eigenvalue weighted by Gasteiger charge is -2.11. The summed E-state index contributed by atoms with van der Waals surface area (Å²) < 4.78 is 14.7. The van der Waals surface area contributed by atoms with E-state index in [9.17, 15) is 5.26 Å². The van der Waals surface area contributed by atoms with E-state index >= 15 is 0 Å². The molecule has 43 heavy (non-hydrogen) atoms. The van der Waals surface area contributed by atoms with Gasteiger partial charge in [-0.1, -0.05) is 66.7 Å². The van der Waals surface area contributed by atoms with E-state index in [1.165, 1.54) is 0 Å². The van der Waals surface area contributed by atoms with Crippen molar-refractivity contribution >= 4 is 54.9 Å². The zero-order chi connectivity index (χ0) is 28.5. The smallest absolute Gasteiger partial charge is 0.178 e. The van der Waals surface area contributed by atoms with Crippen LogP contribution in [-0.2, 0) is 0 Å². The quantitative estimate of drug-likeness (QED) is 0.219. The SMILES string of the molecule is N#Cc1ccc2c(c1)nc(-c1ccccc1)n2-c1ccc(-c2ccc3oc4c(ccc5c6ccccc6oc54)c3c2)cc1. The average molecular weight is 552 g/mol. The Kier molecular flexibility index (Phi) is 4.90. The average Bonchev–Trinajstić information content (AvgIpc) is 3.76. The van der Waals surface area contributed by atoms with Gasteiger partial charge in [0.15, 0.2) is 11.2 Å². The van der Waals surface area contributed by atoms with Crippen LogP contribution in [-0.4, -0.2) is 9.55 Å². The Morgan fingerprint density at radius 2 is 1.26 bits per heavy atom. The molecule has 0 atom stereocenters. The molecule has 0 spiro atoms. The monoisotopic (exact) mass is 551 g/mol. The zero-order valence-electron chi connectivity index (χ0n) is 22.8. The second kappa shape index (κ2) is 8.94. The van der Waals surface area contributed by atoms with Crippen molar-refractivity contribution in [3.63, 3.8) is 0 Å². The normalized spacial score (nSPS) is 11.7. The molecule has 0 aliphatic rings. The molecule has 9 rings (SSSR count). The molecule has 6 aromatic carbocycles. The Balaban J connectivity index is 1.16. The van der Waals surface area contributed by atoms with Crippen LogP contribution >= 0.6 is 0 Å². The highest BCUT2D eigenvalue weighted by Gasteiger charge is 2.17. The van der Waals surface area contributed by atoms with Gasteiger partial charge in [-0.2, -0.15) is 5.26 Å². The highest BCUT2D eigenvalue weighted by molar-refractivity contribution is 6.19. The van der Waals surface area contributed by atoms with Gasteiger partial charge >= 0.3 is 0 Å². The minimum absolute atomic E-state index is 0.593. The summed E-state index contributed by atoms with van der Waals surface area (Å²) in [6, 6.07) is 45.2. The summed E-state index contributed by atoms with van der Waals surface area (Å²) in [4.78, 5) is 4.93. The molecule has 0 aliphatic carbocycles. The van der Waals surface area contributed by atoms with E-state index in [0.29, 0.717) is 5.56 Å². The minimum atomic E-state index is 0.593. The molecule has 0 aliphatic heterocycles. The van der Waals surface area contributed by atoms with Crippen molar-refractivity contribution in [1.82, 2.24) is 9.55 Å². The van der Waals surface area contributed by atoms with Crippen LogP contribution in [0.25, 0.3) is 83.1 Å². The predicted octanol–water partition coefficient (Wildman–Crippen LogP) is 10.0. The van der Waals surface area contributed by atoms with Crippen LogP contribution in [0.5, 0.6) is 0 Å². The third kappa shape index (κ3) is 3.54. The molecule has 5 heteroatoms. The van der Waals surface area contributed by atoms with Crippen molar-refractivity contribution in [3.05, 3.63) is 133 Å². The van der Waals surface area contributed by atoms with Crippen molar-refractivity contribution in [1.29, 1.82) is 5.26 Å². The molecule has 9 aromatic rings. The molecule has 200 valence electrons. The van der Waals surface area contributed by atoms with E-state index < -0.39 is 0 Å². The predicted molar refractivity (Wildman–Crippen MR) is 171 cm³/mol. The maximum atomic E-state index is 9.44. The van der Waals surface area contributed by atoms with E-state index in [2.05, 4.69) is 77.4 Å². The molecule has 5 nitrogen and oxygen atoms in total. The van der Waals surface area contributed by atoms with E-state index in [-0.39, 0.29) is 0 Å². The summed E-state index contributed by atoms with van der Waals surface area (Å²) in [5.74, 6) is 0.835. The largest absolute Gasteiger partial charge is 0.452 e. The molecule has 3 aromatic heterocycles. The highest BCUT2D eigenvalue weighted by atomic mass is 16.4. The van der Waals surface area contributed by atoms with Gasteiger partial charge in [0.2, 0.25) is 0 Å². The van der Waals surface area contributed by atoms with Gasteiger partial charge in [0.1, 0.15) is 17.0 Å². The Hall–Kier alpha value is -6.12. The van der Waals surface area contributed by atoms with E-state index in [0.717, 1.165) is 83.1 Å². The maximum Gasteiger partial charge on any atom is 0.178 e. The van der Waals surface area contributed by atoms with Gasteiger partial charge in [-0.15, -0.1) is 0 Å². The number of rotatable bonds is 3. The van der Waals surface area contributed by atoms with Crippen LogP contribution in [0.3, 0.4) is 0 Å². The number of furan rings is 2. The number of benzene rings is 6. The third-order valence-electron chi connectivity index (χ3n) is 8.26. The molecule has 0 saturated carbocycles. The topological polar surface area (TPSA) is 67.9 Å². The lowest BCUT2D eigenvalue weighted by atomic mass is 10.0. The molecular formula is C38H21N3O2. The van der Waals surface area contributed by atoms with Gasteiger partial charge in [0, 0.05) is 32.8 Å². The van der Waals surface area contributed by atoms with Crippen molar-refractivity contribution in [2.45, 2.75) is 0 Å². The van der Waals surface area contributed by atoms with Crippen LogP contribution in [0.15, 0.2) is 136 Å². The molecule has 3 heterocycles. The number of hydrogen-bond donors (Lipinski definition) is 0. The lowest BCUT2D eigenvalue weighted by Crippen LogP contribution is -1.97. The summed E-state index contributed by atoms with van der Waals surface area (Å²) in [6.07, 6.45) is 0. The first-order valence-electron chi connectivity index (χ1n) is 14.1. The fourth-order valence-electron chi connectivity index (χ4n) is 6.19. The summed E-state index contributed by atoms with van der Waals surface area (Å²) in [5, 5.41) is 13.7. The van der Waals surface area contributed by atoms with Crippen molar-refractivity contribution < 1.29 is 8.83 Å². The third-order valence-corrected chi connectivity index (χ3v) is 8.26. The number of imidazole rings is 1. The van der Waals surface area contributed by atoms with Crippen molar-refractivity contribution in [2.24, 2.45) is 0 Å². The number of nitriles is 1. The molecule has 0 saturated heterocycles. The van der Waals surface area contributed by atoms with Crippen molar-refractivity contribution in [2.75, 3.05) is 0 Å². The first-order chi connectivity index (χ1) is 21.2. The minimum Gasteiger partial charge on any atom is -0.452 e. The Morgan fingerprint density at radius 3 is 2.05 bits per heavy atom. The molecule has 0 bridgehead atoms. The lowest BCUT2D eigenvalue weighted by molar-refractivity contribution is 0.633. The van der Waals surface area contributed by atoms with Gasteiger partial charge < -0.3 is 8.83 Å². The van der Waals surface area contributed by atoms with Crippen LogP contribution in [0.4, 0.5) is 0 Å². The van der Waals surface area contributed by atoms with Crippen molar-refractivity contribution in [3.8, 4) is 34.3 Å². The van der Waals surface area contributed by atoms with E-state index in [4.69, 9.17) is 13.8 Å². The molecule has 0 fully saturated rings. The van der Waals surface area contributed by atoms with Crippen LogP contribution in [0.2, 0.25) is 0 Å². The Labute approximate surface area is 245 Å². The molecular weight excluding hydrogens is 530 g/mol. The molecule has 0 N–H and O–H groups in total. The first kappa shape index (κ1) is 23.6. The van der Waals surface area contributed by atoms with E-state index in [1.54, 1.807) is 0 Å². The Bertz CT molecular complexity index is 2560. The van der Waals surface area contributed by atoms with Crippen LogP contribution < -0.4 is 0 Å². The number of para-hydroxylation sites is 1. The van der Waals surface area contributed by atoms with Gasteiger partial charge in [-0.25, -0.2) is 4.98 Å². The number of nitrogens with zero attached hydrogens (tertiary/aromatic N) is 3. The maximum absolute atomic E-state index is 9.44. The number of fused-ring (bicyclic) bond motifs is 8.